The van der Waals surface area contributed by atoms with Crippen molar-refractivity contribution in [2.75, 3.05) is 12.1 Å². The van der Waals surface area contributed by atoms with Gasteiger partial charge in [-0.1, -0.05) is 0 Å². The van der Waals surface area contributed by atoms with Crippen LogP contribution in [0.5, 0.6) is 0 Å². The topological polar surface area (TPSA) is 30.7 Å². The van der Waals surface area contributed by atoms with Gasteiger partial charge in [-0.2, -0.15) is 11.8 Å². The van der Waals surface area contributed by atoms with Crippen molar-refractivity contribution >= 4 is 34.5 Å². The molecule has 2 atom stereocenters. The molecule has 2 aromatic rings. The number of pyridine rings is 1. The minimum absolute atomic E-state index is 0.533. The van der Waals surface area contributed by atoms with E-state index in [0.717, 1.165) is 34.2 Å². The van der Waals surface area contributed by atoms with E-state index >= 15 is 0 Å². The number of imidazole rings is 1. The predicted octanol–water partition coefficient (Wildman–Crippen LogP) is 3.98. The monoisotopic (exact) mass is 309 g/mol. The zero-order chi connectivity index (χ0) is 14.1. The van der Waals surface area contributed by atoms with Crippen molar-refractivity contribution in [2.45, 2.75) is 43.9 Å². The van der Waals surface area contributed by atoms with Crippen molar-refractivity contribution in [2.24, 2.45) is 0 Å². The Morgan fingerprint density at radius 1 is 1.45 bits per heavy atom. The van der Waals surface area contributed by atoms with Crippen LogP contribution in [0.2, 0.25) is 0 Å². The van der Waals surface area contributed by atoms with Crippen LogP contribution in [0.3, 0.4) is 0 Å². The van der Waals surface area contributed by atoms with E-state index in [-0.39, 0.29) is 0 Å². The summed E-state index contributed by atoms with van der Waals surface area (Å²) in [6, 6.07) is 2.66. The highest BCUT2D eigenvalue weighted by molar-refractivity contribution is 7.99. The van der Waals surface area contributed by atoms with Gasteiger partial charge in [-0.25, -0.2) is 9.97 Å². The highest BCUT2D eigenvalue weighted by atomic mass is 35.5. The quantitative estimate of drug-likeness (QED) is 0.800. The van der Waals surface area contributed by atoms with Gasteiger partial charge in [-0.15, -0.1) is 11.6 Å². The molecule has 0 radical (unpaired) electrons. The van der Waals surface area contributed by atoms with Crippen molar-refractivity contribution in [3.63, 3.8) is 0 Å². The van der Waals surface area contributed by atoms with Crippen LogP contribution in [0.25, 0.3) is 11.2 Å². The van der Waals surface area contributed by atoms with Gasteiger partial charge in [0.25, 0.3) is 0 Å². The van der Waals surface area contributed by atoms with Gasteiger partial charge in [0.05, 0.1) is 0 Å². The molecule has 1 saturated carbocycles. The van der Waals surface area contributed by atoms with Crippen LogP contribution in [0.1, 0.15) is 36.7 Å². The molecule has 20 heavy (non-hydrogen) atoms. The molecule has 3 nitrogen and oxygen atoms in total. The van der Waals surface area contributed by atoms with Gasteiger partial charge in [0.1, 0.15) is 11.3 Å². The zero-order valence-electron chi connectivity index (χ0n) is 12.0. The second kappa shape index (κ2) is 5.94. The number of fused-ring (bicyclic) bond motifs is 1. The van der Waals surface area contributed by atoms with Gasteiger partial charge in [0, 0.05) is 29.8 Å². The number of aromatic nitrogens is 3. The molecule has 0 bridgehead atoms. The first-order chi connectivity index (χ1) is 9.72. The summed E-state index contributed by atoms with van der Waals surface area (Å²) in [5, 5.41) is 0.770. The fraction of sp³-hybridized carbons (Fsp3) is 0.600. The van der Waals surface area contributed by atoms with E-state index in [1.165, 1.54) is 19.3 Å². The van der Waals surface area contributed by atoms with Gasteiger partial charge in [0.15, 0.2) is 5.65 Å². The summed E-state index contributed by atoms with van der Waals surface area (Å²) < 4.78 is 2.35. The molecular formula is C15H20ClN3S. The van der Waals surface area contributed by atoms with Crippen molar-refractivity contribution in [3.8, 4) is 0 Å². The molecule has 2 unspecified atom stereocenters. The molecule has 1 aliphatic rings. The van der Waals surface area contributed by atoms with Crippen molar-refractivity contribution in [1.29, 1.82) is 0 Å². The summed E-state index contributed by atoms with van der Waals surface area (Å²) in [5.74, 6) is 1.71. The van der Waals surface area contributed by atoms with Crippen LogP contribution in [0.15, 0.2) is 12.3 Å². The fourth-order valence-electron chi connectivity index (χ4n) is 3.14. The number of halogens is 1. The van der Waals surface area contributed by atoms with Gasteiger partial charge < -0.3 is 4.57 Å². The molecule has 0 saturated heterocycles. The summed E-state index contributed by atoms with van der Waals surface area (Å²) in [6.07, 6.45) is 8.70. The molecule has 108 valence electrons. The maximum absolute atomic E-state index is 5.95. The predicted molar refractivity (Wildman–Crippen MR) is 86.9 cm³/mol. The van der Waals surface area contributed by atoms with E-state index in [0.29, 0.717) is 11.9 Å². The lowest BCUT2D eigenvalue weighted by molar-refractivity contribution is 0.511. The number of hydrogen-bond acceptors (Lipinski definition) is 3. The van der Waals surface area contributed by atoms with Crippen LogP contribution in [-0.4, -0.2) is 31.9 Å². The van der Waals surface area contributed by atoms with Crippen LogP contribution >= 0.6 is 23.4 Å². The number of thioether (sulfide) groups is 1. The third kappa shape index (κ3) is 2.56. The van der Waals surface area contributed by atoms with Crippen molar-refractivity contribution in [3.05, 3.63) is 23.7 Å². The molecule has 0 amide bonds. The lowest BCUT2D eigenvalue weighted by Gasteiger charge is -2.16. The van der Waals surface area contributed by atoms with E-state index in [4.69, 9.17) is 16.6 Å². The van der Waals surface area contributed by atoms with E-state index in [1.807, 2.05) is 18.0 Å². The molecule has 2 heterocycles. The third-order valence-corrected chi connectivity index (χ3v) is 5.40. The Balaban J connectivity index is 2.05. The Morgan fingerprint density at radius 2 is 2.30 bits per heavy atom. The molecule has 0 N–H and O–H groups in total. The highest BCUT2D eigenvalue weighted by Crippen LogP contribution is 2.38. The molecule has 5 heteroatoms. The maximum atomic E-state index is 5.95. The lowest BCUT2D eigenvalue weighted by atomic mass is 10.2. The Kier molecular flexibility index (Phi) is 4.22. The number of hydrogen-bond donors (Lipinski definition) is 0. The molecule has 3 rings (SSSR count). The second-order valence-electron chi connectivity index (χ2n) is 5.52. The molecular weight excluding hydrogens is 290 g/mol. The fourth-order valence-corrected chi connectivity index (χ4v) is 4.10. The van der Waals surface area contributed by atoms with Gasteiger partial charge >= 0.3 is 0 Å². The SMILES string of the molecule is CSC1CCC(n2c(CCCl)nc3cc(C)cnc32)C1. The first-order valence-corrected chi connectivity index (χ1v) is 8.97. The van der Waals surface area contributed by atoms with Gasteiger partial charge in [0.2, 0.25) is 0 Å². The largest absolute Gasteiger partial charge is 0.310 e. The molecule has 0 aliphatic heterocycles. The maximum Gasteiger partial charge on any atom is 0.160 e. The van der Waals surface area contributed by atoms with Gasteiger partial charge in [-0.05, 0) is 44.1 Å². The van der Waals surface area contributed by atoms with Crippen LogP contribution in [0.4, 0.5) is 0 Å². The van der Waals surface area contributed by atoms with Crippen molar-refractivity contribution < 1.29 is 0 Å². The normalized spacial score (nSPS) is 22.8. The molecule has 2 aromatic heterocycles. The Labute approximate surface area is 129 Å². The number of nitrogens with zero attached hydrogens (tertiary/aromatic N) is 3. The second-order valence-corrected chi connectivity index (χ2v) is 7.03. The van der Waals surface area contributed by atoms with E-state index in [2.05, 4.69) is 28.8 Å². The van der Waals surface area contributed by atoms with Crippen LogP contribution < -0.4 is 0 Å². The summed E-state index contributed by atoms with van der Waals surface area (Å²) in [4.78, 5) is 9.40. The minimum atomic E-state index is 0.533. The minimum Gasteiger partial charge on any atom is -0.310 e. The lowest BCUT2D eigenvalue weighted by Crippen LogP contribution is -2.11. The van der Waals surface area contributed by atoms with Crippen LogP contribution in [0, 0.1) is 6.92 Å². The molecule has 0 spiro atoms. The average Bonchev–Trinajstić information content (AvgIpc) is 3.02. The average molecular weight is 310 g/mol. The smallest absolute Gasteiger partial charge is 0.160 e. The van der Waals surface area contributed by atoms with Crippen LogP contribution in [-0.2, 0) is 6.42 Å². The Bertz CT molecular complexity index is 610. The molecule has 1 aliphatic carbocycles. The molecule has 0 aromatic carbocycles. The standard InChI is InChI=1S/C15H20ClN3S/c1-10-7-13-15(17-9-10)19(14(18-13)5-6-16)11-3-4-12(8-11)20-2/h7,9,11-12H,3-6,8H2,1-2H3. The Morgan fingerprint density at radius 3 is 3.00 bits per heavy atom. The number of rotatable bonds is 4. The summed E-state index contributed by atoms with van der Waals surface area (Å²) >= 11 is 7.93. The number of alkyl halides is 1. The first-order valence-electron chi connectivity index (χ1n) is 7.15. The van der Waals surface area contributed by atoms with E-state index in [9.17, 15) is 0 Å². The van der Waals surface area contributed by atoms with Gasteiger partial charge in [-0.3, -0.25) is 0 Å². The third-order valence-electron chi connectivity index (χ3n) is 4.11. The molecule has 1 fully saturated rings. The van der Waals surface area contributed by atoms with E-state index in [1.54, 1.807) is 0 Å². The summed E-state index contributed by atoms with van der Waals surface area (Å²) in [6.45, 7) is 2.06. The number of aryl methyl sites for hydroxylation is 2. The summed E-state index contributed by atoms with van der Waals surface area (Å²) in [5.41, 5.74) is 3.20. The zero-order valence-corrected chi connectivity index (χ0v) is 13.5. The van der Waals surface area contributed by atoms with Crippen molar-refractivity contribution in [1.82, 2.24) is 14.5 Å². The summed E-state index contributed by atoms with van der Waals surface area (Å²) in [7, 11) is 0. The first kappa shape index (κ1) is 14.2. The Hall–Kier alpha value is -0.740. The van der Waals surface area contributed by atoms with E-state index < -0.39 is 0 Å². The highest BCUT2D eigenvalue weighted by Gasteiger charge is 2.28.